The second-order valence-corrected chi connectivity index (χ2v) is 12.9. The van der Waals surface area contributed by atoms with Gasteiger partial charge in [-0.1, -0.05) is 68.0 Å². The highest BCUT2D eigenvalue weighted by Crippen LogP contribution is 2.66. The van der Waals surface area contributed by atoms with Crippen molar-refractivity contribution in [2.75, 3.05) is 0 Å². The number of aliphatic hydroxyl groups excluding tert-OH is 1. The monoisotopic (exact) mass is 505 g/mol. The Balaban J connectivity index is 1.16. The Kier molecular flexibility index (Phi) is 6.43. The van der Waals surface area contributed by atoms with Crippen molar-refractivity contribution in [3.05, 3.63) is 77.4 Å². The van der Waals surface area contributed by atoms with Gasteiger partial charge in [-0.25, -0.2) is 0 Å². The Hall–Kier alpha value is -2.96. The van der Waals surface area contributed by atoms with E-state index >= 15 is 0 Å². The fourth-order valence-electron chi connectivity index (χ4n) is 8.96. The van der Waals surface area contributed by atoms with Gasteiger partial charge >= 0.3 is 0 Å². The van der Waals surface area contributed by atoms with Crippen molar-refractivity contribution in [1.29, 1.82) is 5.26 Å². The van der Waals surface area contributed by atoms with E-state index in [0.29, 0.717) is 29.1 Å². The predicted molar refractivity (Wildman–Crippen MR) is 152 cm³/mol. The maximum absolute atomic E-state index is 13.6. The number of nitrogens with zero attached hydrogens (tertiary/aromatic N) is 1. The van der Waals surface area contributed by atoms with Crippen molar-refractivity contribution in [2.24, 2.45) is 34.5 Å². The average Bonchev–Trinajstić information content (AvgIpc) is 3.30. The largest absolute Gasteiger partial charge is 0.393 e. The van der Waals surface area contributed by atoms with Crippen LogP contribution in [0.3, 0.4) is 0 Å². The molecule has 1 N–H and O–H groups in total. The number of hydrogen-bond acceptors (Lipinski definition) is 3. The van der Waals surface area contributed by atoms with E-state index in [1.165, 1.54) is 18.4 Å². The molecule has 4 aliphatic rings. The molecule has 0 unspecified atom stereocenters. The molecule has 3 saturated carbocycles. The summed E-state index contributed by atoms with van der Waals surface area (Å²) in [6.45, 7) is 4.88. The van der Waals surface area contributed by atoms with Crippen molar-refractivity contribution >= 4 is 11.9 Å². The summed E-state index contributed by atoms with van der Waals surface area (Å²) in [6.07, 6.45) is 14.7. The van der Waals surface area contributed by atoms with Crippen LogP contribution in [-0.2, 0) is 4.79 Å². The van der Waals surface area contributed by atoms with Gasteiger partial charge in [0.2, 0.25) is 0 Å². The molecule has 196 valence electrons. The average molecular weight is 506 g/mol. The van der Waals surface area contributed by atoms with Crippen LogP contribution in [0.15, 0.2) is 66.3 Å². The van der Waals surface area contributed by atoms with Crippen molar-refractivity contribution in [3.8, 4) is 17.2 Å². The van der Waals surface area contributed by atoms with Crippen LogP contribution in [0.25, 0.3) is 17.2 Å². The lowest BCUT2D eigenvalue weighted by molar-refractivity contribution is -0.124. The number of fused-ring (bicyclic) bond motifs is 5. The van der Waals surface area contributed by atoms with Gasteiger partial charge in [-0.2, -0.15) is 5.26 Å². The Morgan fingerprint density at radius 2 is 1.82 bits per heavy atom. The van der Waals surface area contributed by atoms with Crippen LogP contribution in [0.5, 0.6) is 0 Å². The van der Waals surface area contributed by atoms with E-state index in [1.807, 2.05) is 36.4 Å². The van der Waals surface area contributed by atoms with Crippen LogP contribution in [0.1, 0.15) is 76.3 Å². The molecular formula is C35H39NO2. The zero-order valence-corrected chi connectivity index (χ0v) is 22.7. The van der Waals surface area contributed by atoms with Crippen LogP contribution in [0.2, 0.25) is 0 Å². The number of ketones is 1. The topological polar surface area (TPSA) is 61.1 Å². The molecule has 2 aromatic carbocycles. The first-order valence-electron chi connectivity index (χ1n) is 14.5. The highest BCUT2D eigenvalue weighted by atomic mass is 16.3. The zero-order chi connectivity index (χ0) is 26.5. The third kappa shape index (κ3) is 4.18. The molecule has 0 saturated heterocycles. The lowest BCUT2D eigenvalue weighted by Crippen LogP contribution is -2.50. The lowest BCUT2D eigenvalue weighted by Gasteiger charge is -2.57. The van der Waals surface area contributed by atoms with Crippen molar-refractivity contribution in [2.45, 2.75) is 71.3 Å². The maximum Gasteiger partial charge on any atom is 0.159 e. The molecule has 3 heteroatoms. The third-order valence-electron chi connectivity index (χ3n) is 11.1. The van der Waals surface area contributed by atoms with Crippen LogP contribution in [-0.4, -0.2) is 17.0 Å². The highest BCUT2D eigenvalue weighted by Gasteiger charge is 2.59. The zero-order valence-electron chi connectivity index (χ0n) is 22.7. The number of benzene rings is 2. The molecule has 4 aliphatic carbocycles. The Morgan fingerprint density at radius 1 is 1.00 bits per heavy atom. The molecule has 3 fully saturated rings. The summed E-state index contributed by atoms with van der Waals surface area (Å²) in [7, 11) is 0. The number of carbonyl (C=O) groups excluding carboxylic acids is 1. The smallest absolute Gasteiger partial charge is 0.159 e. The minimum absolute atomic E-state index is 0.0914. The Bertz CT molecular complexity index is 1330. The van der Waals surface area contributed by atoms with Gasteiger partial charge in [-0.3, -0.25) is 4.79 Å². The number of allylic oxidation sites excluding steroid dienone is 2. The molecule has 0 heterocycles. The lowest BCUT2D eigenvalue weighted by atomic mass is 9.47. The molecule has 0 radical (unpaired) electrons. The summed E-state index contributed by atoms with van der Waals surface area (Å²) in [5, 5.41) is 19.4. The molecule has 0 bridgehead atoms. The SMILES string of the molecule is C[C@]12CC[C@H]3[C@@H](CC=C4C[C@@H](O)CC[C@@]43C)[C@@H]1CC[C@@H]2C(=O)/C=C/c1ccc(-c2cccc(C#N)c2)cc1. The number of nitriles is 1. The molecule has 0 spiro atoms. The van der Waals surface area contributed by atoms with E-state index in [1.54, 1.807) is 0 Å². The summed E-state index contributed by atoms with van der Waals surface area (Å²) in [4.78, 5) is 13.6. The van der Waals surface area contributed by atoms with Gasteiger partial charge < -0.3 is 5.11 Å². The first kappa shape index (κ1) is 25.3. The van der Waals surface area contributed by atoms with Gasteiger partial charge in [-0.05, 0) is 115 Å². The quantitative estimate of drug-likeness (QED) is 0.341. The first-order valence-corrected chi connectivity index (χ1v) is 14.5. The van der Waals surface area contributed by atoms with Gasteiger partial charge in [0.15, 0.2) is 5.78 Å². The molecule has 6 rings (SSSR count). The molecule has 0 aromatic heterocycles. The van der Waals surface area contributed by atoms with Crippen molar-refractivity contribution < 1.29 is 9.90 Å². The van der Waals surface area contributed by atoms with Gasteiger partial charge in [0.1, 0.15) is 0 Å². The fourth-order valence-corrected chi connectivity index (χ4v) is 8.96. The van der Waals surface area contributed by atoms with Gasteiger partial charge in [-0.15, -0.1) is 0 Å². The van der Waals surface area contributed by atoms with Gasteiger partial charge in [0.25, 0.3) is 0 Å². The van der Waals surface area contributed by atoms with Crippen LogP contribution in [0, 0.1) is 45.8 Å². The van der Waals surface area contributed by atoms with Crippen molar-refractivity contribution in [3.63, 3.8) is 0 Å². The standard InChI is InChI=1S/C35H39NO2/c1-34-18-16-28(37)21-27(34)11-12-29-30-13-14-32(35(30,2)19-17-31(29)34)33(38)15-8-23-6-9-25(10-7-23)26-5-3-4-24(20-26)22-36/h3-11,15,20,28-32,37H,12-14,16-19,21H2,1-2H3/b15-8+/t28-,29-,30-,31-,32+,34-,35-/m0/s1. The third-order valence-corrected chi connectivity index (χ3v) is 11.1. The van der Waals surface area contributed by atoms with E-state index in [4.69, 9.17) is 0 Å². The van der Waals surface area contributed by atoms with E-state index < -0.39 is 0 Å². The minimum atomic E-state index is -0.161. The summed E-state index contributed by atoms with van der Waals surface area (Å²) in [6, 6.07) is 18.1. The van der Waals surface area contributed by atoms with Gasteiger partial charge in [0.05, 0.1) is 17.7 Å². The predicted octanol–water partition coefficient (Wildman–Crippen LogP) is 7.75. The fraction of sp³-hybridized carbons (Fsp3) is 0.486. The number of rotatable bonds is 4. The summed E-state index contributed by atoms with van der Waals surface area (Å²) in [5.41, 5.74) is 5.63. The number of carbonyl (C=O) groups is 1. The van der Waals surface area contributed by atoms with Crippen LogP contribution < -0.4 is 0 Å². The highest BCUT2D eigenvalue weighted by molar-refractivity contribution is 5.96. The molecular weight excluding hydrogens is 466 g/mol. The minimum Gasteiger partial charge on any atom is -0.393 e. The molecule has 38 heavy (non-hydrogen) atoms. The second-order valence-electron chi connectivity index (χ2n) is 12.9. The molecule has 7 atom stereocenters. The second kappa shape index (κ2) is 9.65. The molecule has 0 aliphatic heterocycles. The van der Waals surface area contributed by atoms with E-state index in [-0.39, 0.29) is 22.9 Å². The van der Waals surface area contributed by atoms with Gasteiger partial charge in [0, 0.05) is 5.92 Å². The first-order chi connectivity index (χ1) is 18.3. The van der Waals surface area contributed by atoms with E-state index in [9.17, 15) is 15.2 Å². The number of hydrogen-bond donors (Lipinski definition) is 1. The Labute approximate surface area is 227 Å². The summed E-state index contributed by atoms with van der Waals surface area (Å²) < 4.78 is 0. The van der Waals surface area contributed by atoms with Crippen molar-refractivity contribution in [1.82, 2.24) is 0 Å². The number of aliphatic hydroxyl groups is 1. The maximum atomic E-state index is 13.6. The molecule has 0 amide bonds. The van der Waals surface area contributed by atoms with E-state index in [2.05, 4.69) is 50.3 Å². The van der Waals surface area contributed by atoms with E-state index in [0.717, 1.165) is 55.2 Å². The Morgan fingerprint density at radius 3 is 2.61 bits per heavy atom. The summed E-state index contributed by atoms with van der Waals surface area (Å²) in [5.74, 6) is 2.40. The van der Waals surface area contributed by atoms with Crippen LogP contribution >= 0.6 is 0 Å². The molecule has 3 nitrogen and oxygen atoms in total. The van der Waals surface area contributed by atoms with Crippen LogP contribution in [0.4, 0.5) is 0 Å². The summed E-state index contributed by atoms with van der Waals surface area (Å²) >= 11 is 0. The normalized spacial score (nSPS) is 36.1. The molecule has 2 aromatic rings.